The van der Waals surface area contributed by atoms with Gasteiger partial charge in [0.05, 0.1) is 12.8 Å². The molecular formula is C15H21N3O4. The molecule has 0 radical (unpaired) electrons. The number of amides is 3. The fraction of sp³-hybridized carbons (Fsp3) is 0.533. The van der Waals surface area contributed by atoms with Crippen LogP contribution in [0.1, 0.15) is 24.4 Å². The quantitative estimate of drug-likeness (QED) is 0.869. The Bertz CT molecular complexity index is 531. The molecule has 0 unspecified atom stereocenters. The van der Waals surface area contributed by atoms with Crippen molar-refractivity contribution in [2.75, 3.05) is 32.7 Å². The van der Waals surface area contributed by atoms with Crippen LogP contribution < -0.4 is 5.32 Å². The second-order valence-electron chi connectivity index (χ2n) is 5.52. The van der Waals surface area contributed by atoms with Crippen LogP contribution in [-0.4, -0.2) is 60.2 Å². The molecule has 0 bridgehead atoms. The number of hydrogen-bond acceptors (Lipinski definition) is 4. The number of rotatable bonds is 4. The minimum absolute atomic E-state index is 0.00312. The summed E-state index contributed by atoms with van der Waals surface area (Å²) in [7, 11) is 0. The predicted octanol–water partition coefficient (Wildman–Crippen LogP) is 0.336. The summed E-state index contributed by atoms with van der Waals surface area (Å²) in [5, 5.41) is 2.61. The van der Waals surface area contributed by atoms with E-state index in [9.17, 15) is 14.4 Å². The molecule has 1 saturated heterocycles. The Morgan fingerprint density at radius 3 is 2.36 bits per heavy atom. The van der Waals surface area contributed by atoms with Gasteiger partial charge >= 0.3 is 0 Å². The highest BCUT2D eigenvalue weighted by Gasteiger charge is 2.26. The van der Waals surface area contributed by atoms with Crippen LogP contribution in [0.4, 0.5) is 0 Å². The van der Waals surface area contributed by atoms with Crippen LogP contribution >= 0.6 is 0 Å². The fourth-order valence-electron chi connectivity index (χ4n) is 2.19. The molecule has 0 aliphatic carbocycles. The van der Waals surface area contributed by atoms with E-state index >= 15 is 0 Å². The Balaban J connectivity index is 1.78. The van der Waals surface area contributed by atoms with E-state index in [1.165, 1.54) is 6.26 Å². The van der Waals surface area contributed by atoms with Crippen LogP contribution in [0.25, 0.3) is 0 Å². The van der Waals surface area contributed by atoms with Crippen LogP contribution in [0.2, 0.25) is 0 Å². The molecule has 1 aliphatic heterocycles. The largest absolute Gasteiger partial charge is 0.459 e. The van der Waals surface area contributed by atoms with Gasteiger partial charge in [-0.05, 0) is 12.1 Å². The predicted molar refractivity (Wildman–Crippen MR) is 79.0 cm³/mol. The van der Waals surface area contributed by atoms with E-state index in [-0.39, 0.29) is 30.2 Å². The summed E-state index contributed by atoms with van der Waals surface area (Å²) in [5.74, 6) is -0.260. The topological polar surface area (TPSA) is 82.9 Å². The summed E-state index contributed by atoms with van der Waals surface area (Å²) >= 11 is 0. The molecule has 1 aromatic rings. The highest BCUT2D eigenvalue weighted by molar-refractivity contribution is 5.91. The van der Waals surface area contributed by atoms with Gasteiger partial charge < -0.3 is 19.5 Å². The van der Waals surface area contributed by atoms with E-state index in [2.05, 4.69) is 5.32 Å². The van der Waals surface area contributed by atoms with Gasteiger partial charge in [-0.1, -0.05) is 13.8 Å². The lowest BCUT2D eigenvalue weighted by atomic mass is 10.2. The zero-order valence-corrected chi connectivity index (χ0v) is 12.9. The summed E-state index contributed by atoms with van der Waals surface area (Å²) < 4.78 is 5.09. The molecule has 7 nitrogen and oxygen atoms in total. The van der Waals surface area contributed by atoms with Gasteiger partial charge in [-0.25, -0.2) is 0 Å². The number of furan rings is 1. The minimum atomic E-state index is -0.162. The smallest absolute Gasteiger partial charge is 0.289 e. The highest BCUT2D eigenvalue weighted by Crippen LogP contribution is 2.09. The monoisotopic (exact) mass is 307 g/mol. The summed E-state index contributed by atoms with van der Waals surface area (Å²) in [4.78, 5) is 38.9. The lowest BCUT2D eigenvalue weighted by molar-refractivity contribution is -0.134. The van der Waals surface area contributed by atoms with Gasteiger partial charge in [-0.15, -0.1) is 0 Å². The second kappa shape index (κ2) is 7.11. The van der Waals surface area contributed by atoms with Crippen molar-refractivity contribution in [1.29, 1.82) is 0 Å². The van der Waals surface area contributed by atoms with Crippen molar-refractivity contribution < 1.29 is 18.8 Å². The lowest BCUT2D eigenvalue weighted by Crippen LogP contribution is -2.52. The Labute approximate surface area is 129 Å². The third-order valence-electron chi connectivity index (χ3n) is 3.59. The molecule has 1 fully saturated rings. The summed E-state index contributed by atoms with van der Waals surface area (Å²) in [6.45, 7) is 5.40. The molecule has 1 aromatic heterocycles. The van der Waals surface area contributed by atoms with Crippen LogP contribution in [0.3, 0.4) is 0 Å². The van der Waals surface area contributed by atoms with Gasteiger partial charge in [0, 0.05) is 32.1 Å². The van der Waals surface area contributed by atoms with Crippen molar-refractivity contribution in [2.45, 2.75) is 13.8 Å². The molecule has 1 N–H and O–H groups in total. The molecule has 120 valence electrons. The molecule has 0 aromatic carbocycles. The Morgan fingerprint density at radius 2 is 1.82 bits per heavy atom. The normalized spacial score (nSPS) is 15.0. The van der Waals surface area contributed by atoms with Gasteiger partial charge in [0.1, 0.15) is 0 Å². The van der Waals surface area contributed by atoms with E-state index in [0.717, 1.165) is 0 Å². The Kier molecular flexibility index (Phi) is 5.19. The number of carbonyl (C=O) groups excluding carboxylic acids is 3. The first-order valence-corrected chi connectivity index (χ1v) is 7.37. The first-order valence-electron chi connectivity index (χ1n) is 7.37. The molecule has 0 atom stereocenters. The highest BCUT2D eigenvalue weighted by atomic mass is 16.3. The van der Waals surface area contributed by atoms with Crippen molar-refractivity contribution in [3.63, 3.8) is 0 Å². The molecule has 2 heterocycles. The van der Waals surface area contributed by atoms with E-state index in [4.69, 9.17) is 4.42 Å². The SMILES string of the molecule is CC(C)C(=O)NCC(=O)N1CCN(C(=O)c2ccco2)CC1. The van der Waals surface area contributed by atoms with Crippen LogP contribution in [0.15, 0.2) is 22.8 Å². The molecule has 1 aliphatic rings. The Hall–Kier alpha value is -2.31. The van der Waals surface area contributed by atoms with Gasteiger partial charge in [0.2, 0.25) is 11.8 Å². The maximum absolute atomic E-state index is 12.1. The van der Waals surface area contributed by atoms with Gasteiger partial charge in [0.25, 0.3) is 5.91 Å². The molecule has 0 spiro atoms. The maximum Gasteiger partial charge on any atom is 0.289 e. The third kappa shape index (κ3) is 3.87. The first-order chi connectivity index (χ1) is 10.5. The third-order valence-corrected chi connectivity index (χ3v) is 3.59. The second-order valence-corrected chi connectivity index (χ2v) is 5.52. The van der Waals surface area contributed by atoms with Crippen LogP contribution in [0, 0.1) is 5.92 Å². The zero-order chi connectivity index (χ0) is 16.1. The number of carbonyl (C=O) groups is 3. The van der Waals surface area contributed by atoms with Gasteiger partial charge in [-0.3, -0.25) is 14.4 Å². The summed E-state index contributed by atoms with van der Waals surface area (Å²) in [6, 6.07) is 3.30. The van der Waals surface area contributed by atoms with Crippen LogP contribution in [0.5, 0.6) is 0 Å². The summed E-state index contributed by atoms with van der Waals surface area (Å²) in [6.07, 6.45) is 1.46. The number of hydrogen-bond donors (Lipinski definition) is 1. The standard InChI is InChI=1S/C15H21N3O4/c1-11(2)14(20)16-10-13(19)17-5-7-18(8-6-17)15(21)12-4-3-9-22-12/h3-4,9,11H,5-8,10H2,1-2H3,(H,16,20). The number of nitrogens with one attached hydrogen (secondary N) is 1. The lowest BCUT2D eigenvalue weighted by Gasteiger charge is -2.34. The number of nitrogens with zero attached hydrogens (tertiary/aromatic N) is 2. The molecule has 2 rings (SSSR count). The minimum Gasteiger partial charge on any atom is -0.459 e. The van der Waals surface area contributed by atoms with Crippen molar-refractivity contribution in [3.8, 4) is 0 Å². The molecule has 7 heteroatoms. The molecule has 0 saturated carbocycles. The molecular weight excluding hydrogens is 286 g/mol. The average molecular weight is 307 g/mol. The van der Waals surface area contributed by atoms with E-state index in [1.54, 1.807) is 35.8 Å². The summed E-state index contributed by atoms with van der Waals surface area (Å²) in [5.41, 5.74) is 0. The van der Waals surface area contributed by atoms with E-state index < -0.39 is 0 Å². The first kappa shape index (κ1) is 16.1. The molecule has 22 heavy (non-hydrogen) atoms. The van der Waals surface area contributed by atoms with Crippen molar-refractivity contribution in [2.24, 2.45) is 5.92 Å². The Morgan fingerprint density at radius 1 is 1.18 bits per heavy atom. The average Bonchev–Trinajstić information content (AvgIpc) is 3.06. The van der Waals surface area contributed by atoms with Crippen molar-refractivity contribution in [3.05, 3.63) is 24.2 Å². The number of piperazine rings is 1. The van der Waals surface area contributed by atoms with Crippen molar-refractivity contribution in [1.82, 2.24) is 15.1 Å². The van der Waals surface area contributed by atoms with Gasteiger partial charge in [0.15, 0.2) is 5.76 Å². The van der Waals surface area contributed by atoms with E-state index in [1.807, 2.05) is 0 Å². The van der Waals surface area contributed by atoms with Crippen molar-refractivity contribution >= 4 is 17.7 Å². The molecule has 3 amide bonds. The maximum atomic E-state index is 12.1. The fourth-order valence-corrected chi connectivity index (χ4v) is 2.19. The van der Waals surface area contributed by atoms with E-state index in [0.29, 0.717) is 31.9 Å². The van der Waals surface area contributed by atoms with Crippen LogP contribution in [-0.2, 0) is 9.59 Å². The zero-order valence-electron chi connectivity index (χ0n) is 12.9. The van der Waals surface area contributed by atoms with Gasteiger partial charge in [-0.2, -0.15) is 0 Å².